The van der Waals surface area contributed by atoms with Gasteiger partial charge in [0.1, 0.15) is 0 Å². The summed E-state index contributed by atoms with van der Waals surface area (Å²) in [6.07, 6.45) is 2.57. The zero-order chi connectivity index (χ0) is 17.3. The molecule has 1 atom stereocenters. The number of benzene rings is 1. The first-order valence-corrected chi connectivity index (χ1v) is 10.9. The van der Waals surface area contributed by atoms with E-state index in [1.54, 1.807) is 19.3 Å². The fourth-order valence-corrected chi connectivity index (χ4v) is 3.96. The molecule has 1 aromatic carbocycles. The number of aryl methyl sites for hydroxylation is 1. The normalized spacial score (nSPS) is 12.9. The zero-order valence-electron chi connectivity index (χ0n) is 14.2. The average molecular weight is 340 g/mol. The smallest absolute Gasteiger partial charge is 0.187 e. The highest BCUT2D eigenvalue weighted by atomic mass is 28.4. The van der Waals surface area contributed by atoms with Gasteiger partial charge in [0.2, 0.25) is 0 Å². The Morgan fingerprint density at radius 3 is 2.74 bits per heavy atom. The van der Waals surface area contributed by atoms with Crippen LogP contribution in [0.2, 0.25) is 19.1 Å². The highest BCUT2D eigenvalue weighted by Crippen LogP contribution is 2.27. The van der Waals surface area contributed by atoms with Gasteiger partial charge < -0.3 is 24.1 Å². The van der Waals surface area contributed by atoms with E-state index in [0.717, 1.165) is 24.4 Å². The minimum atomic E-state index is -1.84. The van der Waals surface area contributed by atoms with Crippen molar-refractivity contribution in [3.8, 4) is 11.5 Å². The predicted octanol–water partition coefficient (Wildman–Crippen LogP) is 3.08. The fraction of sp³-hybridized carbons (Fsp3) is 0.529. The summed E-state index contributed by atoms with van der Waals surface area (Å²) in [4.78, 5) is 0. The van der Waals surface area contributed by atoms with Crippen LogP contribution in [0, 0.1) is 0 Å². The first-order chi connectivity index (χ1) is 10.9. The van der Waals surface area contributed by atoms with Gasteiger partial charge >= 0.3 is 0 Å². The van der Waals surface area contributed by atoms with E-state index >= 15 is 0 Å². The Bertz CT molecular complexity index is 490. The Morgan fingerprint density at radius 2 is 2.09 bits per heavy atom. The lowest BCUT2D eigenvalue weighted by atomic mass is 10.1. The number of hydrogen-bond donors (Lipinski definition) is 2. The van der Waals surface area contributed by atoms with Crippen molar-refractivity contribution in [3.05, 3.63) is 36.4 Å². The Hall–Kier alpha value is -1.34. The van der Waals surface area contributed by atoms with Gasteiger partial charge in [-0.2, -0.15) is 0 Å². The molecule has 5 nitrogen and oxygen atoms in total. The minimum absolute atomic E-state index is 0.155. The van der Waals surface area contributed by atoms with Crippen LogP contribution < -0.4 is 4.74 Å². The molecule has 23 heavy (non-hydrogen) atoms. The molecule has 6 heteroatoms. The first-order valence-electron chi connectivity index (χ1n) is 7.78. The largest absolute Gasteiger partial charge is 0.504 e. The summed E-state index contributed by atoms with van der Waals surface area (Å²) in [6, 6.07) is 6.39. The van der Waals surface area contributed by atoms with Gasteiger partial charge in [-0.25, -0.2) is 0 Å². The van der Waals surface area contributed by atoms with Crippen LogP contribution in [0.1, 0.15) is 12.0 Å². The highest BCUT2D eigenvalue weighted by molar-refractivity contribution is 6.71. The highest BCUT2D eigenvalue weighted by Gasteiger charge is 2.23. The van der Waals surface area contributed by atoms with Gasteiger partial charge in [-0.05, 0) is 49.7 Å². The van der Waals surface area contributed by atoms with E-state index in [0.29, 0.717) is 12.4 Å². The molecule has 0 heterocycles. The van der Waals surface area contributed by atoms with E-state index in [1.165, 1.54) is 0 Å². The fourth-order valence-electron chi connectivity index (χ4n) is 2.19. The van der Waals surface area contributed by atoms with Crippen molar-refractivity contribution in [1.82, 2.24) is 0 Å². The molecule has 0 fully saturated rings. The maximum absolute atomic E-state index is 9.62. The van der Waals surface area contributed by atoms with Gasteiger partial charge in [0.15, 0.2) is 26.1 Å². The molecule has 1 unspecified atom stereocenters. The van der Waals surface area contributed by atoms with Crippen molar-refractivity contribution in [3.63, 3.8) is 0 Å². The van der Waals surface area contributed by atoms with Gasteiger partial charge in [0.25, 0.3) is 0 Å². The Morgan fingerprint density at radius 1 is 1.35 bits per heavy atom. The molecular formula is C17H28O5Si. The molecule has 0 bridgehead atoms. The van der Waals surface area contributed by atoms with E-state index in [2.05, 4.69) is 19.7 Å². The third-order valence-corrected chi connectivity index (χ3v) is 6.02. The first kappa shape index (κ1) is 19.7. The lowest BCUT2D eigenvalue weighted by molar-refractivity contribution is -0.112. The summed E-state index contributed by atoms with van der Waals surface area (Å²) >= 11 is 0. The topological polar surface area (TPSA) is 68.2 Å². The van der Waals surface area contributed by atoms with Crippen LogP contribution in [0.4, 0.5) is 0 Å². The number of phenols is 1. The summed E-state index contributed by atoms with van der Waals surface area (Å²) in [6.45, 7) is 8.30. The molecular weight excluding hydrogens is 312 g/mol. The Kier molecular flexibility index (Phi) is 8.33. The predicted molar refractivity (Wildman–Crippen MR) is 93.4 cm³/mol. The maximum atomic E-state index is 9.62. The zero-order valence-corrected chi connectivity index (χ0v) is 15.2. The van der Waals surface area contributed by atoms with Crippen molar-refractivity contribution in [2.24, 2.45) is 0 Å². The number of hydrogen-bond acceptors (Lipinski definition) is 5. The Balaban J connectivity index is 2.36. The number of methoxy groups -OCH3 is 1. The van der Waals surface area contributed by atoms with Gasteiger partial charge in [-0.15, -0.1) is 6.58 Å². The number of aliphatic hydroxyl groups is 1. The number of aliphatic hydroxyl groups excluding tert-OH is 1. The lowest BCUT2D eigenvalue weighted by Crippen LogP contribution is -2.34. The second-order valence-electron chi connectivity index (χ2n) is 6.01. The molecule has 0 aromatic heterocycles. The number of aromatic hydroxyl groups is 1. The van der Waals surface area contributed by atoms with Crippen molar-refractivity contribution in [2.75, 3.05) is 20.3 Å². The van der Waals surface area contributed by atoms with E-state index in [9.17, 15) is 10.2 Å². The monoisotopic (exact) mass is 340 g/mol. The third-order valence-electron chi connectivity index (χ3n) is 3.51. The van der Waals surface area contributed by atoms with Gasteiger partial charge in [0.05, 0.1) is 20.3 Å². The van der Waals surface area contributed by atoms with Crippen molar-refractivity contribution in [1.29, 1.82) is 0 Å². The summed E-state index contributed by atoms with van der Waals surface area (Å²) in [5.41, 5.74) is 1.12. The van der Waals surface area contributed by atoms with E-state index in [1.807, 2.05) is 12.1 Å². The molecule has 0 aliphatic rings. The van der Waals surface area contributed by atoms with Crippen LogP contribution in [0.5, 0.6) is 11.5 Å². The molecule has 0 spiro atoms. The molecule has 0 aliphatic heterocycles. The maximum Gasteiger partial charge on any atom is 0.187 e. The molecule has 0 saturated carbocycles. The molecule has 0 radical (unpaired) electrons. The lowest BCUT2D eigenvalue weighted by Gasteiger charge is -2.24. The van der Waals surface area contributed by atoms with Crippen LogP contribution in [0.15, 0.2) is 30.9 Å². The summed E-state index contributed by atoms with van der Waals surface area (Å²) in [7, 11) is -0.294. The molecule has 0 amide bonds. The van der Waals surface area contributed by atoms with Crippen molar-refractivity contribution >= 4 is 8.32 Å². The second kappa shape index (κ2) is 9.72. The summed E-state index contributed by atoms with van der Waals surface area (Å²) < 4.78 is 16.1. The van der Waals surface area contributed by atoms with E-state index in [4.69, 9.17) is 13.9 Å². The molecule has 0 aliphatic carbocycles. The van der Waals surface area contributed by atoms with Crippen LogP contribution >= 0.6 is 0 Å². The summed E-state index contributed by atoms with van der Waals surface area (Å²) in [5, 5.41) is 19.2. The van der Waals surface area contributed by atoms with Crippen LogP contribution in [-0.2, 0) is 15.6 Å². The average Bonchev–Trinajstić information content (AvgIpc) is 2.52. The number of phenolic OH excluding ortho intramolecular Hbond substituents is 1. The third kappa shape index (κ3) is 7.65. The Labute approximate surface area is 139 Å². The van der Waals surface area contributed by atoms with Gasteiger partial charge in [0, 0.05) is 0 Å². The summed E-state index contributed by atoms with van der Waals surface area (Å²) in [5.74, 6) is 0.653. The molecule has 2 N–H and O–H groups in total. The quantitative estimate of drug-likeness (QED) is 0.368. The molecule has 1 rings (SSSR count). The van der Waals surface area contributed by atoms with E-state index < -0.39 is 14.6 Å². The minimum Gasteiger partial charge on any atom is -0.504 e. The molecule has 1 aromatic rings. The van der Waals surface area contributed by atoms with Gasteiger partial charge in [-0.1, -0.05) is 12.1 Å². The van der Waals surface area contributed by atoms with Crippen LogP contribution in [0.3, 0.4) is 0 Å². The second-order valence-corrected chi connectivity index (χ2v) is 10.3. The number of rotatable bonds is 11. The van der Waals surface area contributed by atoms with Crippen LogP contribution in [0.25, 0.3) is 0 Å². The molecule has 130 valence electrons. The van der Waals surface area contributed by atoms with Crippen molar-refractivity contribution < 1.29 is 24.1 Å². The van der Waals surface area contributed by atoms with Crippen LogP contribution in [-0.4, -0.2) is 45.1 Å². The molecule has 0 saturated heterocycles. The van der Waals surface area contributed by atoms with Gasteiger partial charge in [-0.3, -0.25) is 0 Å². The SMILES string of the molecule is C=CCOC(O)CO[Si](C)(C)CCCc1ccc(O)c(OC)c1. The number of ether oxygens (including phenoxy) is 2. The van der Waals surface area contributed by atoms with Crippen molar-refractivity contribution in [2.45, 2.75) is 38.3 Å². The van der Waals surface area contributed by atoms with E-state index in [-0.39, 0.29) is 12.4 Å². The standard InChI is InChI=1S/C17H28O5Si/c1-5-10-21-17(19)13-22-23(3,4)11-6-7-14-8-9-15(18)16(12-14)20-2/h5,8-9,12,17-19H,1,6-7,10-11,13H2,2-4H3.